The van der Waals surface area contributed by atoms with Crippen molar-refractivity contribution in [1.82, 2.24) is 19.9 Å². The van der Waals surface area contributed by atoms with E-state index in [0.717, 1.165) is 35.1 Å². The van der Waals surface area contributed by atoms with Crippen molar-refractivity contribution in [3.63, 3.8) is 0 Å². The Labute approximate surface area is 196 Å². The molecule has 2 aromatic heterocycles. The highest BCUT2D eigenvalue weighted by atomic mass is 35.5. The van der Waals surface area contributed by atoms with Crippen molar-refractivity contribution in [1.29, 1.82) is 0 Å². The van der Waals surface area contributed by atoms with Crippen LogP contribution in [0.2, 0.25) is 5.02 Å². The van der Waals surface area contributed by atoms with E-state index in [9.17, 15) is 4.79 Å². The molecule has 0 N–H and O–H groups in total. The largest absolute Gasteiger partial charge is 0.467 e. The quantitative estimate of drug-likeness (QED) is 0.415. The number of fused-ring (bicyclic) bond motifs is 1. The Balaban J connectivity index is 1.21. The first-order chi connectivity index (χ1) is 16.2. The molecule has 8 heteroatoms. The predicted octanol–water partition coefficient (Wildman–Crippen LogP) is 4.65. The van der Waals surface area contributed by atoms with E-state index in [0.29, 0.717) is 36.3 Å². The summed E-state index contributed by atoms with van der Waals surface area (Å²) >= 11 is 6.08. The maximum absolute atomic E-state index is 12.9. The lowest BCUT2D eigenvalue weighted by Crippen LogP contribution is -2.41. The number of amides is 1. The van der Waals surface area contributed by atoms with E-state index in [1.807, 2.05) is 53.4 Å². The van der Waals surface area contributed by atoms with Gasteiger partial charge in [0.25, 0.3) is 5.91 Å². The summed E-state index contributed by atoms with van der Waals surface area (Å²) in [6, 6.07) is 15.3. The molecule has 168 valence electrons. The number of likely N-dealkylation sites (tertiary alicyclic amines) is 1. The summed E-state index contributed by atoms with van der Waals surface area (Å²) in [5, 5.41) is 1.49. The average molecular weight is 463 g/mol. The van der Waals surface area contributed by atoms with Crippen LogP contribution in [0.1, 0.15) is 36.0 Å². The molecule has 1 saturated heterocycles. The molecule has 1 fully saturated rings. The van der Waals surface area contributed by atoms with E-state index in [4.69, 9.17) is 20.8 Å². The highest BCUT2D eigenvalue weighted by molar-refractivity contribution is 6.30. The molecule has 5 rings (SSSR count). The van der Waals surface area contributed by atoms with Gasteiger partial charge < -0.3 is 14.1 Å². The Bertz CT molecular complexity index is 1270. The molecule has 0 radical (unpaired) electrons. The Hall–Kier alpha value is -3.45. The van der Waals surface area contributed by atoms with Crippen LogP contribution in [0.4, 0.5) is 0 Å². The summed E-state index contributed by atoms with van der Waals surface area (Å²) < 4.78 is 11.8. The molecule has 0 saturated carbocycles. The molecule has 0 spiro atoms. The van der Waals surface area contributed by atoms with Crippen LogP contribution in [0.3, 0.4) is 0 Å². The zero-order valence-corrected chi connectivity index (χ0v) is 18.7. The second kappa shape index (κ2) is 9.58. The van der Waals surface area contributed by atoms with E-state index in [1.54, 1.807) is 6.20 Å². The fourth-order valence-electron chi connectivity index (χ4n) is 4.16. The van der Waals surface area contributed by atoms with Crippen LogP contribution >= 0.6 is 11.6 Å². The van der Waals surface area contributed by atoms with Crippen LogP contribution in [0.25, 0.3) is 10.9 Å². The van der Waals surface area contributed by atoms with Crippen molar-refractivity contribution in [2.24, 2.45) is 0 Å². The predicted molar refractivity (Wildman–Crippen MR) is 124 cm³/mol. The Kier molecular flexibility index (Phi) is 6.21. The number of halogens is 1. The minimum atomic E-state index is -0.0758. The zero-order chi connectivity index (χ0) is 22.6. The number of aromatic nitrogens is 3. The average Bonchev–Trinajstić information content (AvgIpc) is 3.31. The molecule has 0 unspecified atom stereocenters. The second-order valence-electron chi connectivity index (χ2n) is 8.14. The highest BCUT2D eigenvalue weighted by Crippen LogP contribution is 2.28. The van der Waals surface area contributed by atoms with E-state index >= 15 is 0 Å². The minimum absolute atomic E-state index is 0.0655. The Morgan fingerprint density at radius 3 is 2.97 bits per heavy atom. The number of hydrogen-bond acceptors (Lipinski definition) is 6. The summed E-state index contributed by atoms with van der Waals surface area (Å²) in [6.45, 7) is 1.18. The third-order valence-corrected chi connectivity index (χ3v) is 6.04. The lowest BCUT2D eigenvalue weighted by atomic mass is 9.98. The molecule has 0 aliphatic carbocycles. The van der Waals surface area contributed by atoms with Gasteiger partial charge in [-0.05, 0) is 42.7 Å². The van der Waals surface area contributed by atoms with Gasteiger partial charge in [0.1, 0.15) is 12.1 Å². The first-order valence-corrected chi connectivity index (χ1v) is 11.3. The molecule has 4 aromatic rings. The maximum Gasteiger partial charge on any atom is 0.260 e. The number of benzene rings is 2. The summed E-state index contributed by atoms with van der Waals surface area (Å²) in [5.74, 6) is 1.87. The third-order valence-electron chi connectivity index (χ3n) is 5.80. The number of ether oxygens (including phenoxy) is 1. The monoisotopic (exact) mass is 462 g/mol. The molecule has 33 heavy (non-hydrogen) atoms. The van der Waals surface area contributed by atoms with Gasteiger partial charge >= 0.3 is 0 Å². The van der Waals surface area contributed by atoms with Crippen LogP contribution in [0, 0.1) is 0 Å². The molecule has 7 nitrogen and oxygen atoms in total. The molecule has 1 amide bonds. The number of hydrogen-bond donors (Lipinski definition) is 0. The number of rotatable bonds is 6. The van der Waals surface area contributed by atoms with Crippen molar-refractivity contribution >= 4 is 28.4 Å². The van der Waals surface area contributed by atoms with E-state index in [1.165, 1.54) is 6.33 Å². The van der Waals surface area contributed by atoms with Crippen LogP contribution < -0.4 is 4.74 Å². The number of oxazole rings is 1. The van der Waals surface area contributed by atoms with Gasteiger partial charge in [0.15, 0.2) is 12.5 Å². The van der Waals surface area contributed by atoms with E-state index in [-0.39, 0.29) is 18.4 Å². The molecule has 1 aliphatic rings. The van der Waals surface area contributed by atoms with Crippen molar-refractivity contribution in [3.8, 4) is 5.88 Å². The molecule has 1 atom stereocenters. The Morgan fingerprint density at radius 1 is 1.15 bits per heavy atom. The highest BCUT2D eigenvalue weighted by Gasteiger charge is 2.28. The SMILES string of the molecule is O=C(COc1ncnc2ccccc12)N1CCC[C@@H](c2ncc(Cc3cccc(Cl)c3)o2)C1. The standard InChI is InChI=1S/C25H23ClN4O3/c26-19-7-3-5-17(11-19)12-20-13-27-24(33-20)18-6-4-10-30(14-18)23(31)15-32-25-21-8-1-2-9-22(21)28-16-29-25/h1-3,5,7-9,11,13,16,18H,4,6,10,12,14-15H2/t18-/m1/s1. The van der Waals surface area contributed by atoms with Gasteiger partial charge in [-0.2, -0.15) is 0 Å². The maximum atomic E-state index is 12.9. The first-order valence-electron chi connectivity index (χ1n) is 10.9. The number of carbonyl (C=O) groups is 1. The van der Waals surface area contributed by atoms with Gasteiger partial charge in [0, 0.05) is 24.5 Å². The van der Waals surface area contributed by atoms with Crippen molar-refractivity contribution in [3.05, 3.63) is 83.3 Å². The number of nitrogens with zero attached hydrogens (tertiary/aromatic N) is 4. The van der Waals surface area contributed by atoms with Gasteiger partial charge in [-0.3, -0.25) is 4.79 Å². The lowest BCUT2D eigenvalue weighted by Gasteiger charge is -2.31. The summed E-state index contributed by atoms with van der Waals surface area (Å²) in [4.78, 5) is 27.6. The number of carbonyl (C=O) groups excluding carboxylic acids is 1. The van der Waals surface area contributed by atoms with Crippen LogP contribution in [0.5, 0.6) is 5.88 Å². The fraction of sp³-hybridized carbons (Fsp3) is 0.280. The normalized spacial score (nSPS) is 16.2. The molecular formula is C25H23ClN4O3. The molecule has 0 bridgehead atoms. The first kappa shape index (κ1) is 21.4. The number of para-hydroxylation sites is 1. The van der Waals surface area contributed by atoms with E-state index in [2.05, 4.69) is 15.0 Å². The van der Waals surface area contributed by atoms with Crippen LogP contribution in [-0.4, -0.2) is 45.5 Å². The van der Waals surface area contributed by atoms with Gasteiger partial charge in [-0.15, -0.1) is 0 Å². The summed E-state index contributed by atoms with van der Waals surface area (Å²) in [7, 11) is 0. The smallest absolute Gasteiger partial charge is 0.260 e. The lowest BCUT2D eigenvalue weighted by molar-refractivity contribution is -0.134. The van der Waals surface area contributed by atoms with Gasteiger partial charge in [0.2, 0.25) is 5.88 Å². The van der Waals surface area contributed by atoms with Crippen LogP contribution in [0.15, 0.2) is 65.5 Å². The Morgan fingerprint density at radius 2 is 2.06 bits per heavy atom. The molecule has 3 heterocycles. The second-order valence-corrected chi connectivity index (χ2v) is 8.57. The van der Waals surface area contributed by atoms with Crippen molar-refractivity contribution < 1.29 is 13.9 Å². The summed E-state index contributed by atoms with van der Waals surface area (Å²) in [6.07, 6.45) is 5.66. The topological polar surface area (TPSA) is 81.4 Å². The van der Waals surface area contributed by atoms with Gasteiger partial charge in [-0.1, -0.05) is 35.9 Å². The van der Waals surface area contributed by atoms with Gasteiger partial charge in [-0.25, -0.2) is 15.0 Å². The minimum Gasteiger partial charge on any atom is -0.467 e. The van der Waals surface area contributed by atoms with Gasteiger partial charge in [0.05, 0.1) is 23.0 Å². The van der Waals surface area contributed by atoms with Crippen molar-refractivity contribution in [2.75, 3.05) is 19.7 Å². The summed E-state index contributed by atoms with van der Waals surface area (Å²) in [5.41, 5.74) is 1.85. The number of piperidine rings is 1. The fourth-order valence-corrected chi connectivity index (χ4v) is 4.38. The van der Waals surface area contributed by atoms with E-state index < -0.39 is 0 Å². The molecular weight excluding hydrogens is 440 g/mol. The zero-order valence-electron chi connectivity index (χ0n) is 18.0. The third kappa shape index (κ3) is 4.98. The van der Waals surface area contributed by atoms with Crippen molar-refractivity contribution in [2.45, 2.75) is 25.2 Å². The molecule has 2 aromatic carbocycles. The van der Waals surface area contributed by atoms with Crippen LogP contribution in [-0.2, 0) is 11.2 Å². The molecule has 1 aliphatic heterocycles.